The summed E-state index contributed by atoms with van der Waals surface area (Å²) in [6, 6.07) is 0.715. The van der Waals surface area contributed by atoms with Crippen LogP contribution in [0.25, 0.3) is 0 Å². The molecule has 1 unspecified atom stereocenters. The van der Waals surface area contributed by atoms with E-state index in [1.807, 2.05) is 6.08 Å². The van der Waals surface area contributed by atoms with Crippen molar-refractivity contribution in [1.82, 2.24) is 10.2 Å². The molecule has 1 N–H and O–H groups in total. The van der Waals surface area contributed by atoms with Crippen LogP contribution < -0.4 is 5.32 Å². The largest absolute Gasteiger partial charge is 0.314 e. The smallest absolute Gasteiger partial charge is 0.0226 e. The van der Waals surface area contributed by atoms with E-state index in [2.05, 4.69) is 30.6 Å². The van der Waals surface area contributed by atoms with Gasteiger partial charge in [0.1, 0.15) is 0 Å². The number of hydrogen-bond acceptors (Lipinski definition) is 2. The van der Waals surface area contributed by atoms with Crippen LogP contribution in [0.1, 0.15) is 20.3 Å². The maximum Gasteiger partial charge on any atom is 0.0226 e. The molecular formula is C11H22N2. The molecule has 0 aliphatic carbocycles. The van der Waals surface area contributed by atoms with Crippen LogP contribution in [-0.2, 0) is 0 Å². The fourth-order valence-corrected chi connectivity index (χ4v) is 1.99. The van der Waals surface area contributed by atoms with E-state index in [9.17, 15) is 0 Å². The molecule has 1 atom stereocenters. The number of nitrogens with zero attached hydrogens (tertiary/aromatic N) is 1. The fraction of sp³-hybridized carbons (Fsp3) is 0.818. The minimum atomic E-state index is 0.715. The molecule has 0 aromatic carbocycles. The number of hydrogen-bond donors (Lipinski definition) is 1. The summed E-state index contributed by atoms with van der Waals surface area (Å²) in [7, 11) is 0. The molecule has 0 saturated carbocycles. The third-order valence-electron chi connectivity index (χ3n) is 2.58. The van der Waals surface area contributed by atoms with Crippen LogP contribution in [0.2, 0.25) is 0 Å². The first-order chi connectivity index (χ1) is 6.24. The molecule has 1 fully saturated rings. The van der Waals surface area contributed by atoms with E-state index >= 15 is 0 Å². The lowest BCUT2D eigenvalue weighted by atomic mass is 10.0. The highest BCUT2D eigenvalue weighted by Gasteiger charge is 2.21. The molecule has 0 aromatic heterocycles. The van der Waals surface area contributed by atoms with Crippen molar-refractivity contribution in [2.75, 3.05) is 26.2 Å². The first kappa shape index (κ1) is 10.7. The summed E-state index contributed by atoms with van der Waals surface area (Å²) >= 11 is 0. The van der Waals surface area contributed by atoms with Gasteiger partial charge in [-0.05, 0) is 12.3 Å². The number of rotatable bonds is 4. The summed E-state index contributed by atoms with van der Waals surface area (Å²) in [5.74, 6) is 0.789. The van der Waals surface area contributed by atoms with E-state index in [-0.39, 0.29) is 0 Å². The van der Waals surface area contributed by atoms with Crippen molar-refractivity contribution >= 4 is 0 Å². The average Bonchev–Trinajstić information content (AvgIpc) is 2.08. The van der Waals surface area contributed by atoms with Crippen molar-refractivity contribution in [1.29, 1.82) is 0 Å². The van der Waals surface area contributed by atoms with Gasteiger partial charge in [0.25, 0.3) is 0 Å². The normalized spacial score (nSPS) is 25.0. The minimum absolute atomic E-state index is 0.715. The van der Waals surface area contributed by atoms with Crippen LogP contribution in [0.5, 0.6) is 0 Å². The Morgan fingerprint density at radius 3 is 3.00 bits per heavy atom. The molecule has 1 aliphatic rings. The molecular weight excluding hydrogens is 160 g/mol. The van der Waals surface area contributed by atoms with E-state index in [4.69, 9.17) is 0 Å². The SMILES string of the molecule is C=CCN1CCNCC1CC(C)C. The van der Waals surface area contributed by atoms with Gasteiger partial charge >= 0.3 is 0 Å². The molecule has 2 heteroatoms. The van der Waals surface area contributed by atoms with E-state index < -0.39 is 0 Å². The second-order valence-corrected chi connectivity index (χ2v) is 4.27. The van der Waals surface area contributed by atoms with E-state index in [0.29, 0.717) is 6.04 Å². The zero-order valence-corrected chi connectivity index (χ0v) is 8.92. The highest BCUT2D eigenvalue weighted by Crippen LogP contribution is 2.12. The van der Waals surface area contributed by atoms with Gasteiger partial charge in [-0.25, -0.2) is 0 Å². The van der Waals surface area contributed by atoms with Gasteiger partial charge in [-0.3, -0.25) is 4.90 Å². The molecule has 2 nitrogen and oxygen atoms in total. The molecule has 1 aliphatic heterocycles. The predicted molar refractivity (Wildman–Crippen MR) is 57.9 cm³/mol. The molecule has 0 spiro atoms. The van der Waals surface area contributed by atoms with Crippen molar-refractivity contribution < 1.29 is 0 Å². The zero-order chi connectivity index (χ0) is 9.68. The Balaban J connectivity index is 2.41. The van der Waals surface area contributed by atoms with E-state index in [1.165, 1.54) is 13.0 Å². The van der Waals surface area contributed by atoms with Gasteiger partial charge < -0.3 is 5.32 Å². The lowest BCUT2D eigenvalue weighted by molar-refractivity contribution is 0.158. The van der Waals surface area contributed by atoms with Crippen LogP contribution in [0, 0.1) is 5.92 Å². The van der Waals surface area contributed by atoms with Gasteiger partial charge in [-0.15, -0.1) is 6.58 Å². The zero-order valence-electron chi connectivity index (χ0n) is 8.92. The lowest BCUT2D eigenvalue weighted by Gasteiger charge is -2.36. The Kier molecular flexibility index (Phi) is 4.46. The third kappa shape index (κ3) is 3.49. The van der Waals surface area contributed by atoms with Crippen LogP contribution in [0.3, 0.4) is 0 Å². The molecule has 1 rings (SSSR count). The Labute approximate surface area is 82.0 Å². The van der Waals surface area contributed by atoms with Gasteiger partial charge in [0.15, 0.2) is 0 Å². The van der Waals surface area contributed by atoms with Crippen molar-refractivity contribution in [3.63, 3.8) is 0 Å². The summed E-state index contributed by atoms with van der Waals surface area (Å²) in [6.45, 7) is 12.9. The van der Waals surface area contributed by atoms with Crippen molar-refractivity contribution in [3.8, 4) is 0 Å². The molecule has 0 aromatic rings. The Hall–Kier alpha value is -0.340. The molecule has 0 bridgehead atoms. The molecule has 13 heavy (non-hydrogen) atoms. The van der Waals surface area contributed by atoms with Crippen LogP contribution in [-0.4, -0.2) is 37.1 Å². The van der Waals surface area contributed by atoms with Crippen molar-refractivity contribution in [2.24, 2.45) is 5.92 Å². The maximum absolute atomic E-state index is 3.81. The molecule has 1 saturated heterocycles. The van der Waals surface area contributed by atoms with Gasteiger partial charge in [0, 0.05) is 32.2 Å². The quantitative estimate of drug-likeness (QED) is 0.663. The van der Waals surface area contributed by atoms with E-state index in [1.54, 1.807) is 0 Å². The van der Waals surface area contributed by atoms with Crippen LogP contribution in [0.4, 0.5) is 0 Å². The van der Waals surface area contributed by atoms with Gasteiger partial charge in [0.05, 0.1) is 0 Å². The molecule has 76 valence electrons. The first-order valence-electron chi connectivity index (χ1n) is 5.29. The highest BCUT2D eigenvalue weighted by molar-refractivity contribution is 4.85. The Morgan fingerprint density at radius 1 is 1.62 bits per heavy atom. The summed E-state index contributed by atoms with van der Waals surface area (Å²) in [5, 5.41) is 3.45. The van der Waals surface area contributed by atoms with Crippen LogP contribution >= 0.6 is 0 Å². The second-order valence-electron chi connectivity index (χ2n) is 4.27. The number of piperazine rings is 1. The second kappa shape index (κ2) is 5.40. The van der Waals surface area contributed by atoms with Crippen molar-refractivity contribution in [3.05, 3.63) is 12.7 Å². The van der Waals surface area contributed by atoms with Gasteiger partial charge in [-0.1, -0.05) is 19.9 Å². The fourth-order valence-electron chi connectivity index (χ4n) is 1.99. The summed E-state index contributed by atoms with van der Waals surface area (Å²) in [6.07, 6.45) is 3.31. The predicted octanol–water partition coefficient (Wildman–Crippen LogP) is 1.49. The monoisotopic (exact) mass is 182 g/mol. The lowest BCUT2D eigenvalue weighted by Crippen LogP contribution is -2.51. The van der Waals surface area contributed by atoms with Crippen molar-refractivity contribution in [2.45, 2.75) is 26.3 Å². The summed E-state index contributed by atoms with van der Waals surface area (Å²) in [4.78, 5) is 2.53. The molecule has 0 radical (unpaired) electrons. The maximum atomic E-state index is 3.81. The minimum Gasteiger partial charge on any atom is -0.314 e. The third-order valence-corrected chi connectivity index (χ3v) is 2.58. The highest BCUT2D eigenvalue weighted by atomic mass is 15.2. The summed E-state index contributed by atoms with van der Waals surface area (Å²) in [5.41, 5.74) is 0. The first-order valence-corrected chi connectivity index (χ1v) is 5.29. The number of nitrogens with one attached hydrogen (secondary N) is 1. The standard InChI is InChI=1S/C11H22N2/c1-4-6-13-7-5-12-9-11(13)8-10(2)3/h4,10-12H,1,5-9H2,2-3H3. The van der Waals surface area contributed by atoms with Gasteiger partial charge in [-0.2, -0.15) is 0 Å². The topological polar surface area (TPSA) is 15.3 Å². The van der Waals surface area contributed by atoms with E-state index in [0.717, 1.165) is 25.6 Å². The van der Waals surface area contributed by atoms with Gasteiger partial charge in [0.2, 0.25) is 0 Å². The molecule has 0 amide bonds. The molecule has 1 heterocycles. The Bertz CT molecular complexity index is 154. The average molecular weight is 182 g/mol. The Morgan fingerprint density at radius 2 is 2.38 bits per heavy atom. The summed E-state index contributed by atoms with van der Waals surface area (Å²) < 4.78 is 0. The van der Waals surface area contributed by atoms with Crippen LogP contribution in [0.15, 0.2) is 12.7 Å².